The van der Waals surface area contributed by atoms with Crippen LogP contribution in [0.15, 0.2) is 79.0 Å². The van der Waals surface area contributed by atoms with Crippen LogP contribution in [0.4, 0.5) is 13.2 Å². The molecule has 42 heavy (non-hydrogen) atoms. The molecule has 0 unspecified atom stereocenters. The number of rotatable bonds is 10. The molecule has 1 aromatic heterocycles. The highest BCUT2D eigenvalue weighted by Crippen LogP contribution is 2.37. The number of benzene rings is 2. The minimum atomic E-state index is -4.46. The van der Waals surface area contributed by atoms with Gasteiger partial charge in [-0.3, -0.25) is 9.78 Å². The lowest BCUT2D eigenvalue weighted by Crippen LogP contribution is -2.51. The summed E-state index contributed by atoms with van der Waals surface area (Å²) >= 11 is 0. The zero-order valence-electron chi connectivity index (χ0n) is 24.7. The van der Waals surface area contributed by atoms with Gasteiger partial charge in [0.15, 0.2) is 14.4 Å². The zero-order valence-corrected chi connectivity index (χ0v) is 25.7. The van der Waals surface area contributed by atoms with E-state index in [1.807, 2.05) is 55.6 Å². The standard InChI is InChI=1S/C32H37F3N2O4Si/c1-31(2,3)42(5,6)41-22-28(30(39)40-4)37(21-24-10-15-25(16-11-24)27-9-7-8-20-36-27)29(38)19-14-23-12-17-26(18-13-23)32(33,34)35/h7-20,28H,21-22H2,1-6H3/t28-/m0/s1. The third-order valence-corrected chi connectivity index (χ3v) is 12.0. The summed E-state index contributed by atoms with van der Waals surface area (Å²) in [5, 5.41) is -0.133. The number of ether oxygens (including phenoxy) is 1. The Morgan fingerprint density at radius 3 is 2.14 bits per heavy atom. The molecule has 0 aliphatic heterocycles. The summed E-state index contributed by atoms with van der Waals surface area (Å²) in [6.07, 6.45) is -0.0926. The molecular formula is C32H37F3N2O4Si. The number of carbonyl (C=O) groups excluding carboxylic acids is 2. The maximum absolute atomic E-state index is 13.6. The number of hydrogen-bond acceptors (Lipinski definition) is 5. The van der Waals surface area contributed by atoms with Gasteiger partial charge >= 0.3 is 12.1 Å². The number of aromatic nitrogens is 1. The Morgan fingerprint density at radius 1 is 0.976 bits per heavy atom. The average molecular weight is 599 g/mol. The van der Waals surface area contributed by atoms with Crippen LogP contribution in [0.3, 0.4) is 0 Å². The van der Waals surface area contributed by atoms with Crippen LogP contribution in [-0.2, 0) is 31.5 Å². The summed E-state index contributed by atoms with van der Waals surface area (Å²) in [4.78, 5) is 32.4. The van der Waals surface area contributed by atoms with E-state index in [9.17, 15) is 22.8 Å². The summed E-state index contributed by atoms with van der Waals surface area (Å²) in [6, 6.07) is 16.5. The van der Waals surface area contributed by atoms with Crippen molar-refractivity contribution in [1.29, 1.82) is 0 Å². The SMILES string of the molecule is COC(=O)[C@H](CO[Si](C)(C)C(C)(C)C)N(Cc1ccc(-c2ccccn2)cc1)C(=O)C=Cc1ccc(C(F)(F)F)cc1. The van der Waals surface area contributed by atoms with Crippen molar-refractivity contribution in [3.8, 4) is 11.3 Å². The Labute approximate surface area is 246 Å². The van der Waals surface area contributed by atoms with Crippen molar-refractivity contribution < 1.29 is 31.9 Å². The number of esters is 1. The first-order chi connectivity index (χ1) is 19.6. The molecule has 2 aromatic carbocycles. The Kier molecular flexibility index (Phi) is 10.5. The molecule has 3 rings (SSSR count). The number of alkyl halides is 3. The van der Waals surface area contributed by atoms with Crippen molar-refractivity contribution in [2.24, 2.45) is 0 Å². The van der Waals surface area contributed by atoms with E-state index in [2.05, 4.69) is 25.8 Å². The van der Waals surface area contributed by atoms with Crippen molar-refractivity contribution in [3.63, 3.8) is 0 Å². The predicted molar refractivity (Wildman–Crippen MR) is 160 cm³/mol. The quantitative estimate of drug-likeness (QED) is 0.138. The normalized spacial score (nSPS) is 13.2. The van der Waals surface area contributed by atoms with Crippen molar-refractivity contribution >= 4 is 26.3 Å². The minimum Gasteiger partial charge on any atom is -0.467 e. The molecule has 0 N–H and O–H groups in total. The molecule has 6 nitrogen and oxygen atoms in total. The smallest absolute Gasteiger partial charge is 0.416 e. The van der Waals surface area contributed by atoms with E-state index in [1.54, 1.807) is 6.20 Å². The van der Waals surface area contributed by atoms with Gasteiger partial charge in [-0.05, 0) is 59.6 Å². The molecule has 0 saturated carbocycles. The maximum atomic E-state index is 13.6. The monoisotopic (exact) mass is 598 g/mol. The van der Waals surface area contributed by atoms with Crippen LogP contribution in [0, 0.1) is 0 Å². The van der Waals surface area contributed by atoms with Gasteiger partial charge in [0.2, 0.25) is 5.91 Å². The van der Waals surface area contributed by atoms with Gasteiger partial charge in [-0.15, -0.1) is 0 Å². The third-order valence-electron chi connectivity index (χ3n) is 7.46. The first-order valence-electron chi connectivity index (χ1n) is 13.5. The van der Waals surface area contributed by atoms with Gasteiger partial charge in [0.1, 0.15) is 0 Å². The molecule has 0 spiro atoms. The van der Waals surface area contributed by atoms with Gasteiger partial charge < -0.3 is 14.1 Å². The number of halogens is 3. The van der Waals surface area contributed by atoms with Gasteiger partial charge in [0, 0.05) is 24.4 Å². The minimum absolute atomic E-state index is 0.0605. The zero-order chi connectivity index (χ0) is 31.1. The van der Waals surface area contributed by atoms with Crippen LogP contribution in [-0.4, -0.2) is 49.8 Å². The lowest BCUT2D eigenvalue weighted by atomic mass is 10.1. The van der Waals surface area contributed by atoms with Crippen LogP contribution in [0.2, 0.25) is 18.1 Å². The topological polar surface area (TPSA) is 68.7 Å². The molecule has 224 valence electrons. The first-order valence-corrected chi connectivity index (χ1v) is 16.4. The number of pyridine rings is 1. The summed E-state index contributed by atoms with van der Waals surface area (Å²) in [6.45, 7) is 10.3. The summed E-state index contributed by atoms with van der Waals surface area (Å²) in [7, 11) is -1.04. The Bertz CT molecular complexity index is 1370. The van der Waals surface area contributed by atoms with Gasteiger partial charge in [0.25, 0.3) is 0 Å². The highest BCUT2D eigenvalue weighted by molar-refractivity contribution is 6.74. The van der Waals surface area contributed by atoms with Crippen LogP contribution < -0.4 is 0 Å². The molecule has 1 atom stereocenters. The Hall–Kier alpha value is -3.76. The molecule has 0 bridgehead atoms. The molecule has 0 fully saturated rings. The summed E-state index contributed by atoms with van der Waals surface area (Å²) in [5.41, 5.74) is 2.07. The van der Waals surface area contributed by atoms with Gasteiger partial charge in [-0.1, -0.05) is 63.2 Å². The fraction of sp³-hybridized carbons (Fsp3) is 0.344. The highest BCUT2D eigenvalue weighted by Gasteiger charge is 2.40. The molecule has 0 aliphatic rings. The molecule has 0 radical (unpaired) electrons. The Balaban J connectivity index is 1.93. The highest BCUT2D eigenvalue weighted by atomic mass is 28.4. The Morgan fingerprint density at radius 2 is 1.62 bits per heavy atom. The van der Waals surface area contributed by atoms with E-state index in [1.165, 1.54) is 36.3 Å². The molecule has 0 saturated heterocycles. The largest absolute Gasteiger partial charge is 0.467 e. The fourth-order valence-electron chi connectivity index (χ4n) is 3.82. The maximum Gasteiger partial charge on any atom is 0.416 e. The lowest BCUT2D eigenvalue weighted by molar-refractivity contribution is -0.153. The number of amides is 1. The molecule has 1 amide bonds. The number of methoxy groups -OCH3 is 1. The van der Waals surface area contributed by atoms with Crippen LogP contribution in [0.1, 0.15) is 37.5 Å². The van der Waals surface area contributed by atoms with Crippen molar-refractivity contribution in [1.82, 2.24) is 9.88 Å². The second-order valence-corrected chi connectivity index (χ2v) is 16.3. The van der Waals surface area contributed by atoms with Gasteiger partial charge in [-0.2, -0.15) is 13.2 Å². The van der Waals surface area contributed by atoms with E-state index < -0.39 is 38.0 Å². The second-order valence-electron chi connectivity index (χ2n) is 11.4. The molecule has 10 heteroatoms. The third kappa shape index (κ3) is 8.62. The van der Waals surface area contributed by atoms with E-state index >= 15 is 0 Å². The summed E-state index contributed by atoms with van der Waals surface area (Å²) < 4.78 is 50.3. The number of carbonyl (C=O) groups is 2. The van der Waals surface area contributed by atoms with Gasteiger partial charge in [0.05, 0.1) is 25.0 Å². The number of hydrogen-bond donors (Lipinski definition) is 0. The predicted octanol–water partition coefficient (Wildman–Crippen LogP) is 7.37. The lowest BCUT2D eigenvalue weighted by Gasteiger charge is -2.38. The van der Waals surface area contributed by atoms with Crippen molar-refractivity contribution in [2.45, 2.75) is 57.7 Å². The van der Waals surface area contributed by atoms with Crippen LogP contribution in [0.5, 0.6) is 0 Å². The van der Waals surface area contributed by atoms with E-state index in [-0.39, 0.29) is 18.2 Å². The van der Waals surface area contributed by atoms with Crippen molar-refractivity contribution in [3.05, 3.63) is 95.7 Å². The van der Waals surface area contributed by atoms with Crippen LogP contribution >= 0.6 is 0 Å². The molecule has 3 aromatic rings. The fourth-order valence-corrected chi connectivity index (χ4v) is 4.83. The average Bonchev–Trinajstić information content (AvgIpc) is 2.95. The van der Waals surface area contributed by atoms with E-state index in [0.717, 1.165) is 29.0 Å². The van der Waals surface area contributed by atoms with Gasteiger partial charge in [-0.25, -0.2) is 4.79 Å². The van der Waals surface area contributed by atoms with E-state index in [0.29, 0.717) is 5.56 Å². The van der Waals surface area contributed by atoms with Crippen molar-refractivity contribution in [2.75, 3.05) is 13.7 Å². The van der Waals surface area contributed by atoms with Crippen LogP contribution in [0.25, 0.3) is 17.3 Å². The first kappa shape index (κ1) is 32.7. The second kappa shape index (κ2) is 13.5. The molecular weight excluding hydrogens is 561 g/mol. The van der Waals surface area contributed by atoms with E-state index in [4.69, 9.17) is 9.16 Å². The molecule has 1 heterocycles. The summed E-state index contributed by atoms with van der Waals surface area (Å²) in [5.74, 6) is -1.15. The molecule has 0 aliphatic carbocycles. The number of nitrogens with zero attached hydrogens (tertiary/aromatic N) is 2.